The number of hydrogen-bond acceptors (Lipinski definition) is 3. The van der Waals surface area contributed by atoms with E-state index in [0.29, 0.717) is 17.8 Å². The summed E-state index contributed by atoms with van der Waals surface area (Å²) in [5.41, 5.74) is 11.1. The molecule has 2 N–H and O–H groups in total. The fraction of sp³-hybridized carbons (Fsp3) is 0.522. The fourth-order valence-corrected chi connectivity index (χ4v) is 4.14. The van der Waals surface area contributed by atoms with Gasteiger partial charge in [-0.2, -0.15) is 0 Å². The first-order valence-electron chi connectivity index (χ1n) is 10.0. The third kappa shape index (κ3) is 5.31. The second kappa shape index (κ2) is 9.18. The van der Waals surface area contributed by atoms with Crippen LogP contribution in [0.3, 0.4) is 0 Å². The van der Waals surface area contributed by atoms with Crippen molar-refractivity contribution >= 4 is 5.82 Å². The van der Waals surface area contributed by atoms with Crippen LogP contribution in [0.15, 0.2) is 36.4 Å². The summed E-state index contributed by atoms with van der Waals surface area (Å²) in [6.07, 6.45) is 8.53. The van der Waals surface area contributed by atoms with Crippen LogP contribution in [0, 0.1) is 19.8 Å². The molecule has 0 saturated heterocycles. The molecule has 3 heteroatoms. The first-order chi connectivity index (χ1) is 12.6. The van der Waals surface area contributed by atoms with E-state index >= 15 is 0 Å². The summed E-state index contributed by atoms with van der Waals surface area (Å²) in [5.74, 6) is 1.21. The number of pyridine rings is 1. The molecule has 2 atom stereocenters. The number of nitrogens with zero attached hydrogens (tertiary/aromatic N) is 1. The molecule has 2 aromatic rings. The monoisotopic (exact) mass is 352 g/mol. The zero-order valence-electron chi connectivity index (χ0n) is 16.2. The topological polar surface area (TPSA) is 48.1 Å². The smallest absolute Gasteiger partial charge is 0.123 e. The summed E-state index contributed by atoms with van der Waals surface area (Å²) in [5, 5.41) is 0. The average Bonchev–Trinajstić information content (AvgIpc) is 3.02. The van der Waals surface area contributed by atoms with Crippen LogP contribution < -0.4 is 5.73 Å². The summed E-state index contributed by atoms with van der Waals surface area (Å²) in [6.45, 7) is 5.15. The Morgan fingerprint density at radius 2 is 1.96 bits per heavy atom. The first kappa shape index (κ1) is 18.9. The molecule has 3 rings (SSSR count). The van der Waals surface area contributed by atoms with Crippen LogP contribution in [0.25, 0.3) is 0 Å². The van der Waals surface area contributed by atoms with Crippen LogP contribution in [0.5, 0.6) is 0 Å². The van der Waals surface area contributed by atoms with Gasteiger partial charge in [0.1, 0.15) is 5.82 Å². The van der Waals surface area contributed by atoms with Crippen molar-refractivity contribution in [2.24, 2.45) is 5.92 Å². The second-order valence-electron chi connectivity index (χ2n) is 7.75. The van der Waals surface area contributed by atoms with Gasteiger partial charge >= 0.3 is 0 Å². The van der Waals surface area contributed by atoms with Gasteiger partial charge in [-0.05, 0) is 87.1 Å². The number of rotatable bonds is 8. The molecule has 1 fully saturated rings. The Kier molecular flexibility index (Phi) is 6.67. The van der Waals surface area contributed by atoms with Gasteiger partial charge in [0.15, 0.2) is 0 Å². The minimum atomic E-state index is 0.386. The highest BCUT2D eigenvalue weighted by molar-refractivity contribution is 5.34. The largest absolute Gasteiger partial charge is 0.384 e. The summed E-state index contributed by atoms with van der Waals surface area (Å²) >= 11 is 0. The maximum Gasteiger partial charge on any atom is 0.123 e. The van der Waals surface area contributed by atoms with Crippen molar-refractivity contribution in [2.45, 2.75) is 64.9 Å². The molecule has 3 nitrogen and oxygen atoms in total. The molecular weight excluding hydrogens is 320 g/mol. The van der Waals surface area contributed by atoms with E-state index in [-0.39, 0.29) is 0 Å². The maximum atomic E-state index is 6.26. The number of unbranched alkanes of at least 4 members (excludes halogenated alkanes) is 1. The third-order valence-corrected chi connectivity index (χ3v) is 5.54. The van der Waals surface area contributed by atoms with E-state index in [0.717, 1.165) is 31.6 Å². The van der Waals surface area contributed by atoms with Gasteiger partial charge < -0.3 is 10.5 Å². The summed E-state index contributed by atoms with van der Waals surface area (Å²) in [7, 11) is 0. The molecule has 1 aliphatic rings. The molecule has 1 heterocycles. The number of aryl methyl sites for hydroxylation is 3. The third-order valence-electron chi connectivity index (χ3n) is 5.54. The van der Waals surface area contributed by atoms with Crippen molar-refractivity contribution < 1.29 is 4.74 Å². The zero-order valence-corrected chi connectivity index (χ0v) is 16.2. The SMILES string of the molecule is Cc1cc(N)nc(C[C@H]2CCC[C@H]2OCCCCc2ccccc2C)c1. The van der Waals surface area contributed by atoms with Gasteiger partial charge in [-0.15, -0.1) is 0 Å². The number of nitrogen functional groups attached to an aromatic ring is 1. The summed E-state index contributed by atoms with van der Waals surface area (Å²) in [4.78, 5) is 4.51. The average molecular weight is 353 g/mol. The van der Waals surface area contributed by atoms with Crippen LogP contribution in [-0.2, 0) is 17.6 Å². The quantitative estimate of drug-likeness (QED) is 0.678. The van der Waals surface area contributed by atoms with Crippen molar-refractivity contribution in [1.29, 1.82) is 0 Å². The lowest BCUT2D eigenvalue weighted by Crippen LogP contribution is -2.21. The van der Waals surface area contributed by atoms with Gasteiger partial charge in [0, 0.05) is 12.3 Å². The Morgan fingerprint density at radius 3 is 2.77 bits per heavy atom. The van der Waals surface area contributed by atoms with E-state index in [4.69, 9.17) is 10.5 Å². The molecule has 0 amide bonds. The number of nitrogens with two attached hydrogens (primary N) is 1. The van der Waals surface area contributed by atoms with Crippen LogP contribution >= 0.6 is 0 Å². The first-order valence-corrected chi connectivity index (χ1v) is 10.0. The molecular formula is C23H32N2O. The Labute approximate surface area is 158 Å². The lowest BCUT2D eigenvalue weighted by Gasteiger charge is -2.20. The standard InChI is InChI=1S/C23H32N2O/c1-17-14-21(25-23(24)15-17)16-20-11-7-12-22(20)26-13-6-5-10-19-9-4-3-8-18(19)2/h3-4,8-9,14-15,20,22H,5-7,10-13,16H2,1-2H3,(H2,24,25)/t20-,22-/m1/s1. The highest BCUT2D eigenvalue weighted by Gasteiger charge is 2.28. The Morgan fingerprint density at radius 1 is 1.12 bits per heavy atom. The van der Waals surface area contributed by atoms with Crippen molar-refractivity contribution in [2.75, 3.05) is 12.3 Å². The van der Waals surface area contributed by atoms with Gasteiger partial charge in [0.25, 0.3) is 0 Å². The normalized spacial score (nSPS) is 19.8. The lowest BCUT2D eigenvalue weighted by atomic mass is 9.98. The van der Waals surface area contributed by atoms with Gasteiger partial charge in [0.05, 0.1) is 6.10 Å². The predicted molar refractivity (Wildman–Crippen MR) is 108 cm³/mol. The second-order valence-corrected chi connectivity index (χ2v) is 7.75. The number of anilines is 1. The molecule has 0 bridgehead atoms. The minimum Gasteiger partial charge on any atom is -0.384 e. The molecule has 140 valence electrons. The fourth-order valence-electron chi connectivity index (χ4n) is 4.14. The van der Waals surface area contributed by atoms with Gasteiger partial charge in [0.2, 0.25) is 0 Å². The molecule has 26 heavy (non-hydrogen) atoms. The molecule has 0 aliphatic heterocycles. The maximum absolute atomic E-state index is 6.26. The Balaban J connectivity index is 1.42. The van der Waals surface area contributed by atoms with Crippen LogP contribution in [-0.4, -0.2) is 17.7 Å². The zero-order chi connectivity index (χ0) is 18.4. The van der Waals surface area contributed by atoms with Crippen LogP contribution in [0.1, 0.15) is 54.5 Å². The van der Waals surface area contributed by atoms with Crippen molar-refractivity contribution in [3.05, 3.63) is 58.8 Å². The van der Waals surface area contributed by atoms with Crippen LogP contribution in [0.4, 0.5) is 5.82 Å². The van der Waals surface area contributed by atoms with E-state index in [2.05, 4.69) is 49.2 Å². The number of hydrogen-bond donors (Lipinski definition) is 1. The molecule has 1 aliphatic carbocycles. The Bertz CT molecular complexity index is 693. The molecule has 0 unspecified atom stereocenters. The van der Waals surface area contributed by atoms with Crippen molar-refractivity contribution in [1.82, 2.24) is 4.98 Å². The molecule has 1 aromatic heterocycles. The molecule has 1 aromatic carbocycles. The van der Waals surface area contributed by atoms with E-state index in [1.807, 2.05) is 6.07 Å². The van der Waals surface area contributed by atoms with Gasteiger partial charge in [-0.25, -0.2) is 4.98 Å². The summed E-state index contributed by atoms with van der Waals surface area (Å²) < 4.78 is 6.26. The lowest BCUT2D eigenvalue weighted by molar-refractivity contribution is 0.0256. The van der Waals surface area contributed by atoms with E-state index < -0.39 is 0 Å². The number of aromatic nitrogens is 1. The highest BCUT2D eigenvalue weighted by Crippen LogP contribution is 2.31. The van der Waals surface area contributed by atoms with E-state index in [1.165, 1.54) is 42.4 Å². The molecule has 0 radical (unpaired) electrons. The van der Waals surface area contributed by atoms with Crippen LogP contribution in [0.2, 0.25) is 0 Å². The number of benzene rings is 1. The predicted octanol–water partition coefficient (Wildman–Crippen LogP) is 5.03. The summed E-state index contributed by atoms with van der Waals surface area (Å²) in [6, 6.07) is 12.8. The Hall–Kier alpha value is -1.87. The molecule has 0 spiro atoms. The van der Waals surface area contributed by atoms with Gasteiger partial charge in [-0.1, -0.05) is 30.7 Å². The number of ether oxygens (including phenoxy) is 1. The van der Waals surface area contributed by atoms with Gasteiger partial charge in [-0.3, -0.25) is 0 Å². The van der Waals surface area contributed by atoms with E-state index in [9.17, 15) is 0 Å². The van der Waals surface area contributed by atoms with E-state index in [1.54, 1.807) is 0 Å². The highest BCUT2D eigenvalue weighted by atomic mass is 16.5. The minimum absolute atomic E-state index is 0.386. The van der Waals surface area contributed by atoms with Crippen molar-refractivity contribution in [3.63, 3.8) is 0 Å². The van der Waals surface area contributed by atoms with Crippen molar-refractivity contribution in [3.8, 4) is 0 Å². The molecule has 1 saturated carbocycles.